The van der Waals surface area contributed by atoms with Crippen molar-refractivity contribution in [3.8, 4) is 0 Å². The number of carbonyl (C=O) groups is 1. The average molecular weight is 270 g/mol. The molecule has 1 amide bonds. The lowest BCUT2D eigenvalue weighted by atomic mass is 10.1. The van der Waals surface area contributed by atoms with Gasteiger partial charge in [-0.1, -0.05) is 11.6 Å². The van der Waals surface area contributed by atoms with Gasteiger partial charge in [0.05, 0.1) is 22.9 Å². The molecule has 0 bridgehead atoms. The van der Waals surface area contributed by atoms with Gasteiger partial charge in [-0.2, -0.15) is 0 Å². The van der Waals surface area contributed by atoms with Gasteiger partial charge in [-0.3, -0.25) is 4.79 Å². The summed E-state index contributed by atoms with van der Waals surface area (Å²) in [6, 6.07) is 5.14. The van der Waals surface area contributed by atoms with Crippen LogP contribution in [0.1, 0.15) is 10.4 Å². The van der Waals surface area contributed by atoms with E-state index >= 15 is 0 Å². The fourth-order valence-corrected chi connectivity index (χ4v) is 2.27. The Bertz CT molecular complexity index is 453. The monoisotopic (exact) mass is 269 g/mol. The number of hydrogen-bond acceptors (Lipinski definition) is 4. The molecule has 1 unspecified atom stereocenters. The first-order valence-corrected chi connectivity index (χ1v) is 6.09. The molecule has 1 heterocycles. The third kappa shape index (κ3) is 2.75. The zero-order valence-electron chi connectivity index (χ0n) is 10.1. The van der Waals surface area contributed by atoms with Gasteiger partial charge in [0.15, 0.2) is 0 Å². The van der Waals surface area contributed by atoms with Crippen LogP contribution in [-0.2, 0) is 4.74 Å². The molecular formula is C12H16ClN3O2. The van der Waals surface area contributed by atoms with Crippen LogP contribution in [0.4, 0.5) is 5.69 Å². The minimum absolute atomic E-state index is 0.108. The molecular weight excluding hydrogens is 254 g/mol. The molecule has 0 spiro atoms. The minimum Gasteiger partial charge on any atom is -0.378 e. The van der Waals surface area contributed by atoms with Gasteiger partial charge in [-0.15, -0.1) is 0 Å². The Morgan fingerprint density at radius 3 is 2.94 bits per heavy atom. The van der Waals surface area contributed by atoms with Gasteiger partial charge in [-0.25, -0.2) is 0 Å². The van der Waals surface area contributed by atoms with Crippen molar-refractivity contribution in [2.45, 2.75) is 12.1 Å². The summed E-state index contributed by atoms with van der Waals surface area (Å²) in [6.07, 6.45) is 0.108. The third-order valence-corrected chi connectivity index (χ3v) is 3.37. The summed E-state index contributed by atoms with van der Waals surface area (Å²) in [6.45, 7) is 1.62. The number of benzene rings is 1. The van der Waals surface area contributed by atoms with Crippen LogP contribution in [0.2, 0.25) is 5.02 Å². The van der Waals surface area contributed by atoms with Gasteiger partial charge < -0.3 is 21.1 Å². The smallest absolute Gasteiger partial charge is 0.248 e. The second-order valence-corrected chi connectivity index (χ2v) is 4.65. The average Bonchev–Trinajstić information content (AvgIpc) is 2.78. The number of carbonyl (C=O) groups excluding carboxylic acids is 1. The first-order chi connectivity index (χ1) is 8.61. The highest BCUT2D eigenvalue weighted by Gasteiger charge is 2.27. The molecule has 1 aromatic carbocycles. The Labute approximate surface area is 111 Å². The number of nitrogens with two attached hydrogens (primary N) is 1. The maximum absolute atomic E-state index is 11.0. The summed E-state index contributed by atoms with van der Waals surface area (Å²) in [7, 11) is 1.68. The molecule has 0 aromatic heterocycles. The van der Waals surface area contributed by atoms with Gasteiger partial charge in [0.25, 0.3) is 0 Å². The van der Waals surface area contributed by atoms with Crippen molar-refractivity contribution in [3.63, 3.8) is 0 Å². The van der Waals surface area contributed by atoms with E-state index in [-0.39, 0.29) is 12.1 Å². The van der Waals surface area contributed by atoms with E-state index in [0.717, 1.165) is 18.8 Å². The second-order valence-electron chi connectivity index (χ2n) is 4.24. The Kier molecular flexibility index (Phi) is 4.06. The molecule has 98 valence electrons. The summed E-state index contributed by atoms with van der Waals surface area (Å²) in [5, 5.41) is 7.02. The predicted octanol–water partition coefficient (Wildman–Crippen LogP) is 0.838. The molecule has 0 radical (unpaired) electrons. The highest BCUT2D eigenvalue weighted by Crippen LogP contribution is 2.24. The van der Waals surface area contributed by atoms with E-state index in [4.69, 9.17) is 22.1 Å². The number of methoxy groups -OCH3 is 1. The van der Waals surface area contributed by atoms with E-state index < -0.39 is 5.91 Å². The van der Waals surface area contributed by atoms with Gasteiger partial charge in [-0.05, 0) is 18.2 Å². The number of ether oxygens (including phenoxy) is 1. The van der Waals surface area contributed by atoms with Crippen LogP contribution in [0, 0.1) is 0 Å². The van der Waals surface area contributed by atoms with Gasteiger partial charge in [0.2, 0.25) is 5.91 Å². The van der Waals surface area contributed by atoms with E-state index in [0.29, 0.717) is 10.6 Å². The number of anilines is 1. The van der Waals surface area contributed by atoms with Crippen molar-refractivity contribution < 1.29 is 9.53 Å². The summed E-state index contributed by atoms with van der Waals surface area (Å²) < 4.78 is 5.36. The van der Waals surface area contributed by atoms with Crippen LogP contribution < -0.4 is 16.4 Å². The van der Waals surface area contributed by atoms with Crippen molar-refractivity contribution >= 4 is 23.2 Å². The van der Waals surface area contributed by atoms with Crippen molar-refractivity contribution in [1.29, 1.82) is 0 Å². The molecule has 2 atom stereocenters. The number of halogens is 1. The van der Waals surface area contributed by atoms with Crippen molar-refractivity contribution in [2.24, 2.45) is 5.73 Å². The van der Waals surface area contributed by atoms with Crippen LogP contribution in [-0.4, -0.2) is 38.3 Å². The van der Waals surface area contributed by atoms with E-state index in [1.807, 2.05) is 0 Å². The van der Waals surface area contributed by atoms with Crippen molar-refractivity contribution in [1.82, 2.24) is 5.32 Å². The number of primary amides is 1. The van der Waals surface area contributed by atoms with Gasteiger partial charge >= 0.3 is 0 Å². The maximum atomic E-state index is 11.0. The Hall–Kier alpha value is -1.30. The molecule has 18 heavy (non-hydrogen) atoms. The van der Waals surface area contributed by atoms with E-state index in [9.17, 15) is 4.79 Å². The van der Waals surface area contributed by atoms with E-state index in [2.05, 4.69) is 10.6 Å². The first kappa shape index (κ1) is 13.1. The van der Waals surface area contributed by atoms with Crippen LogP contribution in [0.25, 0.3) is 0 Å². The summed E-state index contributed by atoms with van der Waals surface area (Å²) in [4.78, 5) is 11.0. The van der Waals surface area contributed by atoms with Crippen molar-refractivity contribution in [2.75, 3.05) is 25.5 Å². The molecule has 1 fully saturated rings. The number of hydrogen-bond donors (Lipinski definition) is 3. The Balaban J connectivity index is 2.12. The first-order valence-electron chi connectivity index (χ1n) is 5.71. The molecule has 0 aliphatic carbocycles. The molecule has 1 aliphatic heterocycles. The highest BCUT2D eigenvalue weighted by molar-refractivity contribution is 6.33. The topological polar surface area (TPSA) is 76.4 Å². The Morgan fingerprint density at radius 1 is 1.56 bits per heavy atom. The standard InChI is InChI=1S/C12H16ClN3O2/c1-18-11-6-15-5-10(11)16-9-3-2-7(12(14)17)4-8(9)13/h2-4,10-11,15-16H,5-6H2,1H3,(H2,14,17)/t10?,11-/m0/s1. The van der Waals surface area contributed by atoms with E-state index in [1.54, 1.807) is 25.3 Å². The fourth-order valence-electron chi connectivity index (χ4n) is 2.03. The molecule has 5 nitrogen and oxygen atoms in total. The third-order valence-electron chi connectivity index (χ3n) is 3.06. The van der Waals surface area contributed by atoms with Crippen LogP contribution in [0.15, 0.2) is 18.2 Å². The zero-order valence-corrected chi connectivity index (χ0v) is 10.8. The lowest BCUT2D eigenvalue weighted by Gasteiger charge is -2.20. The number of amides is 1. The quantitative estimate of drug-likeness (QED) is 0.757. The summed E-state index contributed by atoms with van der Waals surface area (Å²) >= 11 is 6.11. The van der Waals surface area contributed by atoms with Crippen molar-refractivity contribution in [3.05, 3.63) is 28.8 Å². The van der Waals surface area contributed by atoms with Crippen LogP contribution >= 0.6 is 11.6 Å². The molecule has 1 aromatic rings. The largest absolute Gasteiger partial charge is 0.378 e. The summed E-state index contributed by atoms with van der Waals surface area (Å²) in [5.74, 6) is -0.485. The fraction of sp³-hybridized carbons (Fsp3) is 0.417. The molecule has 4 N–H and O–H groups in total. The molecule has 1 saturated heterocycles. The highest BCUT2D eigenvalue weighted by atomic mass is 35.5. The Morgan fingerprint density at radius 2 is 2.33 bits per heavy atom. The molecule has 6 heteroatoms. The number of rotatable bonds is 4. The maximum Gasteiger partial charge on any atom is 0.248 e. The van der Waals surface area contributed by atoms with Gasteiger partial charge in [0.1, 0.15) is 0 Å². The molecule has 1 aliphatic rings. The van der Waals surface area contributed by atoms with Gasteiger partial charge in [0, 0.05) is 25.8 Å². The lowest BCUT2D eigenvalue weighted by molar-refractivity contribution is 0.1000. The SMILES string of the molecule is CO[C@H]1CNCC1Nc1ccc(C(N)=O)cc1Cl. The predicted molar refractivity (Wildman–Crippen MR) is 71.0 cm³/mol. The van der Waals surface area contributed by atoms with E-state index in [1.165, 1.54) is 0 Å². The molecule has 2 rings (SSSR count). The second kappa shape index (κ2) is 5.56. The normalized spacial score (nSPS) is 23.0. The molecule has 0 saturated carbocycles. The van der Waals surface area contributed by atoms with Crippen LogP contribution in [0.3, 0.4) is 0 Å². The zero-order chi connectivity index (χ0) is 13.1. The van der Waals surface area contributed by atoms with Crippen LogP contribution in [0.5, 0.6) is 0 Å². The summed E-state index contributed by atoms with van der Waals surface area (Å²) in [5.41, 5.74) is 6.37. The lowest BCUT2D eigenvalue weighted by Crippen LogP contribution is -2.33. The minimum atomic E-state index is -0.485. The number of nitrogens with one attached hydrogen (secondary N) is 2.